The van der Waals surface area contributed by atoms with Crippen molar-refractivity contribution in [3.8, 4) is 66.8 Å². The smallest absolute Gasteiger partial charge is 0.0623 e. The van der Waals surface area contributed by atoms with E-state index in [0.29, 0.717) is 0 Å². The van der Waals surface area contributed by atoms with Gasteiger partial charge < -0.3 is 0 Å². The van der Waals surface area contributed by atoms with Crippen molar-refractivity contribution in [2.75, 3.05) is 0 Å². The van der Waals surface area contributed by atoms with Gasteiger partial charge >= 0.3 is 0 Å². The van der Waals surface area contributed by atoms with Crippen LogP contribution in [0.5, 0.6) is 0 Å². The van der Waals surface area contributed by atoms with Crippen molar-refractivity contribution in [1.82, 2.24) is 0 Å². The standard InChI is InChI=1S/2C54H38Si/c1-4-19-43(20-5-1)55(44-21-6-2-7-22-44,45-23-8-3-9-24-45)46-37-35-42(36-38-46)54-51-28-14-12-26-49(51)53(50-27-13-15-29-52(50)54)41-33-31-40(32-34-41)48-30-16-18-39-17-10-11-25-47(39)48;1-4-18-45(19-5-1)55(46-20-6-2-7-21-46,47-22-8-3-9-23-47)48-36-34-42(35-37-48)54-51-26-14-12-24-49(51)53(50-25-13-15-27-52(50)54)41-31-28-40(29-32-41)44-33-30-39-16-10-11-17-43(39)38-44/h2*1-38H. The summed E-state index contributed by atoms with van der Waals surface area (Å²) in [5.41, 5.74) is 15.0. The number of benzene rings is 20. The zero-order chi connectivity index (χ0) is 73.2. The fourth-order valence-electron chi connectivity index (χ4n) is 17.9. The molecule has 0 saturated heterocycles. The molecule has 0 aliphatic carbocycles. The van der Waals surface area contributed by atoms with Crippen molar-refractivity contribution in [3.63, 3.8) is 0 Å². The number of fused-ring (bicyclic) bond motifs is 6. The van der Waals surface area contributed by atoms with Gasteiger partial charge in [-0.3, -0.25) is 0 Å². The average molecular weight is 1430 g/mol. The predicted octanol–water partition coefficient (Wildman–Crippen LogP) is 23.0. The first-order chi connectivity index (χ1) is 54.6. The number of hydrogen-bond acceptors (Lipinski definition) is 0. The van der Waals surface area contributed by atoms with Gasteiger partial charge in [-0.25, -0.2) is 0 Å². The molecular weight excluding hydrogens is 1350 g/mol. The highest BCUT2D eigenvalue weighted by molar-refractivity contribution is 7.20. The van der Waals surface area contributed by atoms with Crippen molar-refractivity contribution < 1.29 is 0 Å². The molecule has 0 nitrogen and oxygen atoms in total. The van der Waals surface area contributed by atoms with E-state index in [0.717, 1.165) is 0 Å². The van der Waals surface area contributed by atoms with Crippen LogP contribution in [0, 0.1) is 0 Å². The minimum Gasteiger partial charge on any atom is -0.0623 e. The summed E-state index contributed by atoms with van der Waals surface area (Å²) >= 11 is 0. The van der Waals surface area contributed by atoms with E-state index in [1.54, 1.807) is 0 Å². The molecular formula is C108H76Si2. The minimum absolute atomic E-state index is 1.22. The van der Waals surface area contributed by atoms with E-state index in [1.165, 1.54) is 173 Å². The van der Waals surface area contributed by atoms with Crippen molar-refractivity contribution in [2.24, 2.45) is 0 Å². The lowest BCUT2D eigenvalue weighted by molar-refractivity contribution is 1.62. The maximum absolute atomic E-state index is 2.63. The lowest BCUT2D eigenvalue weighted by atomic mass is 9.85. The Balaban J connectivity index is 0.000000149. The molecule has 0 aromatic heterocycles. The van der Waals surface area contributed by atoms with E-state index in [4.69, 9.17) is 0 Å². The second-order valence-electron chi connectivity index (χ2n) is 28.8. The van der Waals surface area contributed by atoms with Gasteiger partial charge in [0.05, 0.1) is 0 Å². The summed E-state index contributed by atoms with van der Waals surface area (Å²) in [7, 11) is -5.26. The van der Waals surface area contributed by atoms with Crippen molar-refractivity contribution >= 4 is 122 Å². The highest BCUT2D eigenvalue weighted by Crippen LogP contribution is 2.46. The largest absolute Gasteiger partial charge is 0.179 e. The van der Waals surface area contributed by atoms with Gasteiger partial charge in [-0.15, -0.1) is 0 Å². The van der Waals surface area contributed by atoms with E-state index < -0.39 is 16.1 Å². The molecule has 0 N–H and O–H groups in total. The molecule has 0 aliphatic rings. The van der Waals surface area contributed by atoms with Gasteiger partial charge in [0.2, 0.25) is 0 Å². The van der Waals surface area contributed by atoms with E-state index >= 15 is 0 Å². The Bertz CT molecular complexity index is 6370. The molecule has 0 spiro atoms. The first kappa shape index (κ1) is 67.0. The monoisotopic (exact) mass is 1430 g/mol. The van der Waals surface area contributed by atoms with E-state index in [2.05, 4.69) is 461 Å². The third-order valence-corrected chi connectivity index (χ3v) is 32.4. The molecule has 516 valence electrons. The summed E-state index contributed by atoms with van der Waals surface area (Å²) < 4.78 is 0. The normalized spacial score (nSPS) is 11.6. The summed E-state index contributed by atoms with van der Waals surface area (Å²) in [6.07, 6.45) is 0. The van der Waals surface area contributed by atoms with E-state index in [9.17, 15) is 0 Å². The lowest BCUT2D eigenvalue weighted by Gasteiger charge is -2.34. The third kappa shape index (κ3) is 11.9. The molecule has 0 saturated carbocycles. The van der Waals surface area contributed by atoms with Crippen LogP contribution in [0.25, 0.3) is 131 Å². The molecule has 20 aromatic carbocycles. The zero-order valence-electron chi connectivity index (χ0n) is 60.9. The van der Waals surface area contributed by atoms with Gasteiger partial charge in [0, 0.05) is 0 Å². The van der Waals surface area contributed by atoms with Gasteiger partial charge in [0.1, 0.15) is 0 Å². The highest BCUT2D eigenvalue weighted by atomic mass is 28.3. The predicted molar refractivity (Wildman–Crippen MR) is 478 cm³/mol. The Morgan fingerprint density at radius 3 is 0.655 bits per heavy atom. The molecule has 2 heteroatoms. The summed E-state index contributed by atoms with van der Waals surface area (Å²) in [6, 6.07) is 171. The van der Waals surface area contributed by atoms with Crippen LogP contribution in [0.2, 0.25) is 0 Å². The molecule has 20 aromatic rings. The maximum Gasteiger partial charge on any atom is 0.179 e. The topological polar surface area (TPSA) is 0 Å². The third-order valence-electron chi connectivity index (χ3n) is 22.8. The van der Waals surface area contributed by atoms with Crippen LogP contribution in [0.15, 0.2) is 461 Å². The molecule has 0 aliphatic heterocycles. The Morgan fingerprint density at radius 1 is 0.118 bits per heavy atom. The van der Waals surface area contributed by atoms with Crippen LogP contribution in [0.4, 0.5) is 0 Å². The Hall–Kier alpha value is -13.6. The molecule has 0 fully saturated rings. The molecule has 0 amide bonds. The first-order valence-corrected chi connectivity index (χ1v) is 42.2. The number of rotatable bonds is 14. The summed E-state index contributed by atoms with van der Waals surface area (Å²) in [5.74, 6) is 0. The lowest BCUT2D eigenvalue weighted by Crippen LogP contribution is -2.74. The molecule has 0 bridgehead atoms. The second-order valence-corrected chi connectivity index (χ2v) is 36.4. The Labute approximate surface area is 645 Å². The molecule has 0 radical (unpaired) electrons. The Kier molecular flexibility index (Phi) is 17.8. The van der Waals surface area contributed by atoms with Crippen molar-refractivity contribution in [1.29, 1.82) is 0 Å². The van der Waals surface area contributed by atoms with Gasteiger partial charge in [-0.1, -0.05) is 455 Å². The molecule has 0 unspecified atom stereocenters. The summed E-state index contributed by atoms with van der Waals surface area (Å²) in [5, 5.41) is 26.2. The second kappa shape index (κ2) is 29.3. The van der Waals surface area contributed by atoms with Crippen molar-refractivity contribution in [2.45, 2.75) is 0 Å². The van der Waals surface area contributed by atoms with Crippen LogP contribution >= 0.6 is 0 Å². The minimum atomic E-state index is -2.63. The van der Waals surface area contributed by atoms with Crippen LogP contribution in [-0.2, 0) is 0 Å². The number of hydrogen-bond donors (Lipinski definition) is 0. The molecule has 0 atom stereocenters. The molecule has 0 heterocycles. The first-order valence-electron chi connectivity index (χ1n) is 38.2. The highest BCUT2D eigenvalue weighted by Gasteiger charge is 2.43. The van der Waals surface area contributed by atoms with E-state index in [1.807, 2.05) is 0 Å². The van der Waals surface area contributed by atoms with Gasteiger partial charge in [0.15, 0.2) is 16.1 Å². The summed E-state index contributed by atoms with van der Waals surface area (Å²) in [6.45, 7) is 0. The van der Waals surface area contributed by atoms with Crippen LogP contribution < -0.4 is 41.5 Å². The van der Waals surface area contributed by atoms with Crippen LogP contribution in [0.1, 0.15) is 0 Å². The molecule has 20 rings (SSSR count). The fourth-order valence-corrected chi connectivity index (χ4v) is 27.4. The Morgan fingerprint density at radius 2 is 0.336 bits per heavy atom. The van der Waals surface area contributed by atoms with E-state index in [-0.39, 0.29) is 0 Å². The summed E-state index contributed by atoms with van der Waals surface area (Å²) in [4.78, 5) is 0. The van der Waals surface area contributed by atoms with Gasteiger partial charge in [0.25, 0.3) is 0 Å². The maximum atomic E-state index is 2.41. The SMILES string of the molecule is c1ccc([Si](c2ccccc2)(c2ccccc2)c2ccc(-c3c4ccccc4c(-c4ccc(-c5ccc6ccccc6c5)cc4)c4ccccc34)cc2)cc1.c1ccc([Si](c2ccccc2)(c2ccccc2)c2ccc(-c3c4ccccc4c(-c4ccc(-c5cccc6ccccc56)cc4)c4ccccc34)cc2)cc1. The van der Waals surface area contributed by atoms with Gasteiger partial charge in [-0.05, 0) is 179 Å². The van der Waals surface area contributed by atoms with Crippen molar-refractivity contribution in [3.05, 3.63) is 461 Å². The van der Waals surface area contributed by atoms with Crippen LogP contribution in [-0.4, -0.2) is 16.1 Å². The van der Waals surface area contributed by atoms with Crippen LogP contribution in [0.3, 0.4) is 0 Å². The zero-order valence-corrected chi connectivity index (χ0v) is 62.9. The van der Waals surface area contributed by atoms with Gasteiger partial charge in [-0.2, -0.15) is 0 Å². The average Bonchev–Trinajstić information content (AvgIpc) is 0.735. The quantitative estimate of drug-likeness (QED) is 0.0578. The fraction of sp³-hybridized carbons (Fsp3) is 0. The molecule has 110 heavy (non-hydrogen) atoms.